The Kier molecular flexibility index (Phi) is 10.6. The molecule has 208 valence electrons. The Hall–Kier alpha value is -1.68. The number of carbonyl (C=O) groups excluding carboxylic acids is 2. The summed E-state index contributed by atoms with van der Waals surface area (Å²) < 4.78 is 139. The van der Waals surface area contributed by atoms with Crippen LogP contribution < -0.4 is 0 Å². The highest BCUT2D eigenvalue weighted by atomic mass is 32.2. The van der Waals surface area contributed by atoms with Gasteiger partial charge in [-0.15, -0.1) is 0 Å². The second-order valence-corrected chi connectivity index (χ2v) is 10.2. The van der Waals surface area contributed by atoms with E-state index in [1.807, 2.05) is 0 Å². The van der Waals surface area contributed by atoms with E-state index in [1.54, 1.807) is 13.8 Å². The predicted molar refractivity (Wildman–Crippen MR) is 106 cm³/mol. The van der Waals surface area contributed by atoms with Gasteiger partial charge in [0.2, 0.25) is 0 Å². The van der Waals surface area contributed by atoms with Crippen LogP contribution in [0.2, 0.25) is 0 Å². The second-order valence-electron chi connectivity index (χ2n) is 8.69. The van der Waals surface area contributed by atoms with E-state index in [0.29, 0.717) is 0 Å². The molecule has 0 aliphatic rings. The van der Waals surface area contributed by atoms with Crippen LogP contribution in [0.1, 0.15) is 54.4 Å². The number of halogens is 7. The Labute approximate surface area is 198 Å². The number of hydrogen-bond donors (Lipinski definition) is 1. The highest BCUT2D eigenvalue weighted by molar-refractivity contribution is 7.87. The molecule has 0 aromatic carbocycles. The van der Waals surface area contributed by atoms with Gasteiger partial charge in [0.15, 0.2) is 0 Å². The summed E-state index contributed by atoms with van der Waals surface area (Å²) in [6.07, 6.45) is -8.40. The van der Waals surface area contributed by atoms with Gasteiger partial charge in [-0.3, -0.25) is 9.35 Å². The topological polar surface area (TPSA) is 116 Å². The Morgan fingerprint density at radius 3 is 1.77 bits per heavy atom. The maximum atomic E-state index is 14.0. The normalized spacial score (nSPS) is 17.1. The predicted octanol–water partition coefficient (Wildman–Crippen LogP) is 4.58. The Morgan fingerprint density at radius 2 is 1.43 bits per heavy atom. The minimum absolute atomic E-state index is 0.0289. The van der Waals surface area contributed by atoms with Gasteiger partial charge < -0.3 is 14.2 Å². The summed E-state index contributed by atoms with van der Waals surface area (Å²) in [5.41, 5.74) is -1.64. The molecule has 0 aromatic rings. The van der Waals surface area contributed by atoms with Crippen LogP contribution in [0.25, 0.3) is 0 Å². The van der Waals surface area contributed by atoms with Gasteiger partial charge in [-0.25, -0.2) is 4.79 Å². The van der Waals surface area contributed by atoms with Crippen molar-refractivity contribution in [3.05, 3.63) is 0 Å². The molecule has 0 saturated heterocycles. The zero-order valence-electron chi connectivity index (χ0n) is 19.8. The van der Waals surface area contributed by atoms with Crippen molar-refractivity contribution in [2.24, 2.45) is 17.3 Å². The van der Waals surface area contributed by atoms with E-state index in [4.69, 9.17) is 4.55 Å². The van der Waals surface area contributed by atoms with Crippen LogP contribution in [0.15, 0.2) is 0 Å². The fraction of sp³-hybridized carbons (Fsp3) is 0.895. The lowest BCUT2D eigenvalue weighted by atomic mass is 9.73. The molecule has 0 aromatic heterocycles. The molecule has 0 radical (unpaired) electrons. The minimum Gasteiger partial charge on any atom is -0.461 e. The molecule has 0 rings (SSSR count). The Balaban J connectivity index is 6.38. The number of ether oxygens (including phenoxy) is 3. The summed E-state index contributed by atoms with van der Waals surface area (Å²) in [7, 11) is -6.68. The first-order valence-electron chi connectivity index (χ1n) is 10.3. The number of alkyl halides is 7. The lowest BCUT2D eigenvalue weighted by molar-refractivity contribution is -0.360. The van der Waals surface area contributed by atoms with Crippen molar-refractivity contribution in [3.63, 3.8) is 0 Å². The van der Waals surface area contributed by atoms with Gasteiger partial charge in [0.1, 0.15) is 0 Å². The molecular weight excluding hydrogens is 521 g/mol. The largest absolute Gasteiger partial charge is 0.468 e. The van der Waals surface area contributed by atoms with E-state index in [2.05, 4.69) is 14.2 Å². The summed E-state index contributed by atoms with van der Waals surface area (Å²) in [6.45, 7) is 5.78. The van der Waals surface area contributed by atoms with E-state index in [0.717, 1.165) is 6.92 Å². The lowest BCUT2D eigenvalue weighted by Gasteiger charge is -2.38. The lowest BCUT2D eigenvalue weighted by Crippen LogP contribution is -2.60. The molecule has 0 heterocycles. The summed E-state index contributed by atoms with van der Waals surface area (Å²) in [4.78, 5) is 25.1. The first-order chi connectivity index (χ1) is 15.4. The van der Waals surface area contributed by atoms with Crippen molar-refractivity contribution in [1.29, 1.82) is 0 Å². The zero-order valence-corrected chi connectivity index (χ0v) is 20.7. The molecule has 0 aliphatic heterocycles. The highest BCUT2D eigenvalue weighted by Gasteiger charge is 2.70. The third-order valence-electron chi connectivity index (χ3n) is 5.20. The van der Waals surface area contributed by atoms with Crippen LogP contribution in [0, 0.1) is 17.3 Å². The van der Waals surface area contributed by atoms with Crippen molar-refractivity contribution < 1.29 is 67.5 Å². The quantitative estimate of drug-likeness (QED) is 0.153. The second kappa shape index (κ2) is 11.2. The molecular formula is C19H29F7O8S. The van der Waals surface area contributed by atoms with Gasteiger partial charge in [0, 0.05) is 6.42 Å². The third-order valence-corrected chi connectivity index (χ3v) is 6.14. The number of carbonyl (C=O) groups is 2. The smallest absolute Gasteiger partial charge is 0.461 e. The number of hydrogen-bond acceptors (Lipinski definition) is 7. The van der Waals surface area contributed by atoms with Crippen molar-refractivity contribution in [3.8, 4) is 0 Å². The standard InChI is InChI=1S/C19H29F7O8S/c1-7-32-14(28)17(18(22,23)24,34-13(27)15(6,12(4)5)10-11(2)3)33-9-8-16(20,21)19(25,26)35(29,30)31/h11-12H,7-10H2,1-6H3,(H,29,30,31). The molecule has 0 aliphatic carbocycles. The molecule has 16 heteroatoms. The molecule has 35 heavy (non-hydrogen) atoms. The van der Waals surface area contributed by atoms with Crippen molar-refractivity contribution in [1.82, 2.24) is 0 Å². The van der Waals surface area contributed by atoms with Gasteiger partial charge in [0.25, 0.3) is 0 Å². The monoisotopic (exact) mass is 550 g/mol. The van der Waals surface area contributed by atoms with Gasteiger partial charge in [-0.1, -0.05) is 27.7 Å². The fourth-order valence-corrected chi connectivity index (χ4v) is 3.40. The van der Waals surface area contributed by atoms with Crippen LogP contribution in [-0.4, -0.2) is 61.3 Å². The van der Waals surface area contributed by atoms with E-state index >= 15 is 0 Å². The van der Waals surface area contributed by atoms with Gasteiger partial charge >= 0.3 is 45.2 Å². The van der Waals surface area contributed by atoms with Gasteiger partial charge in [0.05, 0.1) is 18.6 Å². The molecule has 0 bridgehead atoms. The van der Waals surface area contributed by atoms with E-state index in [-0.39, 0.29) is 12.3 Å². The number of esters is 2. The molecule has 0 saturated carbocycles. The van der Waals surface area contributed by atoms with E-state index in [9.17, 15) is 48.7 Å². The van der Waals surface area contributed by atoms with Crippen molar-refractivity contribution >= 4 is 22.1 Å². The molecule has 0 spiro atoms. The maximum absolute atomic E-state index is 14.0. The first kappa shape index (κ1) is 33.3. The van der Waals surface area contributed by atoms with Crippen molar-refractivity contribution in [2.75, 3.05) is 13.2 Å². The van der Waals surface area contributed by atoms with Gasteiger partial charge in [-0.2, -0.15) is 39.2 Å². The molecule has 0 fully saturated rings. The first-order valence-corrected chi connectivity index (χ1v) is 11.7. The van der Waals surface area contributed by atoms with Crippen LogP contribution in [0.5, 0.6) is 0 Å². The van der Waals surface area contributed by atoms with Gasteiger partial charge in [-0.05, 0) is 32.1 Å². The number of rotatable bonds is 13. The van der Waals surface area contributed by atoms with E-state index < -0.39 is 76.2 Å². The minimum atomic E-state index is -6.68. The molecule has 8 nitrogen and oxygen atoms in total. The van der Waals surface area contributed by atoms with Crippen molar-refractivity contribution in [2.45, 2.75) is 77.5 Å². The van der Waals surface area contributed by atoms with Crippen LogP contribution in [0.4, 0.5) is 30.7 Å². The zero-order chi connectivity index (χ0) is 28.3. The highest BCUT2D eigenvalue weighted by Crippen LogP contribution is 2.44. The fourth-order valence-electron chi connectivity index (χ4n) is 2.92. The van der Waals surface area contributed by atoms with Crippen LogP contribution in [-0.2, 0) is 33.9 Å². The Bertz CT molecular complexity index is 858. The maximum Gasteiger partial charge on any atom is 0.468 e. The average Bonchev–Trinajstić information content (AvgIpc) is 2.64. The Morgan fingerprint density at radius 1 is 0.943 bits per heavy atom. The summed E-state index contributed by atoms with van der Waals surface area (Å²) in [5.74, 6) is -15.1. The average molecular weight is 550 g/mol. The molecule has 0 amide bonds. The molecule has 2 unspecified atom stereocenters. The summed E-state index contributed by atoms with van der Waals surface area (Å²) in [5, 5.41) is -6.10. The SMILES string of the molecule is CCOC(=O)C(OCCC(F)(F)C(F)(F)S(=O)(=O)O)(OC(=O)C(C)(CC(C)C)C(C)C)C(F)(F)F. The summed E-state index contributed by atoms with van der Waals surface area (Å²) in [6, 6.07) is 0. The van der Waals surface area contributed by atoms with Crippen LogP contribution >= 0.6 is 0 Å². The summed E-state index contributed by atoms with van der Waals surface area (Å²) >= 11 is 0. The third kappa shape index (κ3) is 7.18. The van der Waals surface area contributed by atoms with Crippen LogP contribution in [0.3, 0.4) is 0 Å². The van der Waals surface area contributed by atoms with E-state index in [1.165, 1.54) is 20.8 Å². The molecule has 2 atom stereocenters. The molecule has 1 N–H and O–H groups in total.